The van der Waals surface area contributed by atoms with Gasteiger partial charge in [0.2, 0.25) is 6.35 Å². The van der Waals surface area contributed by atoms with Crippen molar-refractivity contribution in [2.24, 2.45) is 10.9 Å². The van der Waals surface area contributed by atoms with Gasteiger partial charge in [0.25, 0.3) is 0 Å². The summed E-state index contributed by atoms with van der Waals surface area (Å²) in [5, 5.41) is 4.29. The van der Waals surface area contributed by atoms with E-state index in [2.05, 4.69) is 40.1 Å². The van der Waals surface area contributed by atoms with Crippen LogP contribution in [0.15, 0.2) is 28.9 Å². The Bertz CT molecular complexity index is 846. The molecule has 1 aliphatic heterocycles. The highest BCUT2D eigenvalue weighted by Gasteiger charge is 2.26. The highest BCUT2D eigenvalue weighted by atomic mass is 32.1. The summed E-state index contributed by atoms with van der Waals surface area (Å²) in [5.74, 6) is 0.704. The summed E-state index contributed by atoms with van der Waals surface area (Å²) in [7, 11) is 4.04. The number of nitrogens with one attached hydrogen (secondary N) is 1. The number of allylic oxidation sites excluding steroid dienone is 2. The maximum atomic E-state index is 6.17. The van der Waals surface area contributed by atoms with Crippen molar-refractivity contribution in [2.75, 3.05) is 27.2 Å². The summed E-state index contributed by atoms with van der Waals surface area (Å²) in [6.45, 7) is 8.15. The maximum Gasteiger partial charge on any atom is 0.227 e. The molecule has 152 valence electrons. The van der Waals surface area contributed by atoms with E-state index < -0.39 is 0 Å². The minimum atomic E-state index is -0.277. The zero-order valence-electron chi connectivity index (χ0n) is 17.5. The van der Waals surface area contributed by atoms with Crippen molar-refractivity contribution in [3.05, 3.63) is 34.6 Å². The molecule has 0 radical (unpaired) electrons. The van der Waals surface area contributed by atoms with Gasteiger partial charge in [0.05, 0.1) is 6.61 Å². The Kier molecular flexibility index (Phi) is 7.15. The van der Waals surface area contributed by atoms with Crippen molar-refractivity contribution in [1.29, 1.82) is 0 Å². The highest BCUT2D eigenvalue weighted by molar-refractivity contribution is 7.18. The molecule has 28 heavy (non-hydrogen) atoms. The Hall–Kier alpha value is -1.83. The monoisotopic (exact) mass is 401 g/mol. The van der Waals surface area contributed by atoms with Gasteiger partial charge in [0, 0.05) is 30.6 Å². The molecule has 0 fully saturated rings. The molecule has 1 N–H and O–H groups in total. The predicted molar refractivity (Wildman–Crippen MR) is 117 cm³/mol. The Balaban J connectivity index is 1.68. The van der Waals surface area contributed by atoms with Crippen molar-refractivity contribution in [1.82, 2.24) is 20.2 Å². The first-order valence-electron chi connectivity index (χ1n) is 10.00. The number of thiazole rings is 1. The van der Waals surface area contributed by atoms with Gasteiger partial charge >= 0.3 is 0 Å². The van der Waals surface area contributed by atoms with Crippen LogP contribution in [0, 0.1) is 12.8 Å². The number of rotatable bonds is 9. The van der Waals surface area contributed by atoms with Gasteiger partial charge in [0.1, 0.15) is 15.4 Å². The SMILES string of the molecule is CCC(CCNC)COC1N=CC=C(C(C)c2nc3ccc(C)nc3s2)N1C. The number of aryl methyl sites for hydroxylation is 1. The third-order valence-electron chi connectivity index (χ3n) is 5.28. The molecule has 6 nitrogen and oxygen atoms in total. The van der Waals surface area contributed by atoms with Crippen molar-refractivity contribution < 1.29 is 4.74 Å². The number of aliphatic imine (C=N–C) groups is 1. The molecule has 0 bridgehead atoms. The summed E-state index contributed by atoms with van der Waals surface area (Å²) in [5.41, 5.74) is 3.15. The lowest BCUT2D eigenvalue weighted by molar-refractivity contribution is -0.0451. The second-order valence-electron chi connectivity index (χ2n) is 7.38. The van der Waals surface area contributed by atoms with E-state index in [1.165, 1.54) is 5.70 Å². The van der Waals surface area contributed by atoms with Crippen molar-refractivity contribution in [3.63, 3.8) is 0 Å². The topological polar surface area (TPSA) is 62.6 Å². The number of pyridine rings is 1. The summed E-state index contributed by atoms with van der Waals surface area (Å²) in [4.78, 5) is 17.1. The lowest BCUT2D eigenvalue weighted by Gasteiger charge is -2.34. The standard InChI is InChI=1S/C21H31N5OS/c1-6-16(9-11-22-4)13-27-21-23-12-10-18(26(21)5)15(3)19-25-17-8-7-14(2)24-20(17)28-19/h7-8,10,12,15-16,21-22H,6,9,11,13H2,1-5H3. The van der Waals surface area contributed by atoms with Crippen molar-refractivity contribution in [3.8, 4) is 0 Å². The number of nitrogens with zero attached hydrogens (tertiary/aromatic N) is 4. The fraction of sp³-hybridized carbons (Fsp3) is 0.571. The maximum absolute atomic E-state index is 6.17. The minimum Gasteiger partial charge on any atom is -0.339 e. The summed E-state index contributed by atoms with van der Waals surface area (Å²) in [6, 6.07) is 4.06. The Labute approximate surface area is 171 Å². The van der Waals surface area contributed by atoms with Crippen LogP contribution in [0.25, 0.3) is 10.3 Å². The Morgan fingerprint density at radius 3 is 2.89 bits per heavy atom. The van der Waals surface area contributed by atoms with E-state index in [0.29, 0.717) is 5.92 Å². The molecule has 0 spiro atoms. The van der Waals surface area contributed by atoms with Crippen molar-refractivity contribution in [2.45, 2.75) is 45.9 Å². The van der Waals surface area contributed by atoms with E-state index in [1.807, 2.05) is 39.4 Å². The fourth-order valence-electron chi connectivity index (χ4n) is 3.36. The van der Waals surface area contributed by atoms with Gasteiger partial charge in [0.15, 0.2) is 0 Å². The summed E-state index contributed by atoms with van der Waals surface area (Å²) < 4.78 is 6.17. The molecule has 1 aliphatic rings. The summed E-state index contributed by atoms with van der Waals surface area (Å²) >= 11 is 1.67. The molecule has 2 aromatic heterocycles. The first-order chi connectivity index (χ1) is 13.5. The van der Waals surface area contributed by atoms with E-state index in [1.54, 1.807) is 11.3 Å². The van der Waals surface area contributed by atoms with Crippen LogP contribution in [0.1, 0.15) is 43.3 Å². The first kappa shape index (κ1) is 20.9. The van der Waals surface area contributed by atoms with Gasteiger partial charge in [-0.15, -0.1) is 0 Å². The smallest absolute Gasteiger partial charge is 0.227 e. The molecule has 2 aromatic rings. The van der Waals surface area contributed by atoms with Gasteiger partial charge in [-0.2, -0.15) is 0 Å². The van der Waals surface area contributed by atoms with Crippen LogP contribution in [0.5, 0.6) is 0 Å². The molecule has 0 saturated carbocycles. The van der Waals surface area contributed by atoms with Gasteiger partial charge in [-0.05, 0) is 51.1 Å². The zero-order valence-corrected chi connectivity index (χ0v) is 18.3. The molecular weight excluding hydrogens is 370 g/mol. The molecule has 3 heterocycles. The van der Waals surface area contributed by atoms with E-state index in [9.17, 15) is 0 Å². The van der Waals surface area contributed by atoms with Crippen LogP contribution >= 0.6 is 11.3 Å². The van der Waals surface area contributed by atoms with Crippen LogP contribution in [0.2, 0.25) is 0 Å². The molecule has 7 heteroatoms. The lowest BCUT2D eigenvalue weighted by Crippen LogP contribution is -2.37. The molecule has 3 unspecified atom stereocenters. The van der Waals surface area contributed by atoms with Crippen LogP contribution in [-0.2, 0) is 4.74 Å². The van der Waals surface area contributed by atoms with Crippen LogP contribution in [0.3, 0.4) is 0 Å². The molecule has 0 saturated heterocycles. The number of likely N-dealkylation sites (N-methyl/N-ethyl adjacent to an activating group) is 1. The average molecular weight is 402 g/mol. The van der Waals surface area contributed by atoms with Crippen LogP contribution in [-0.4, -0.2) is 54.7 Å². The van der Waals surface area contributed by atoms with Crippen LogP contribution in [0.4, 0.5) is 0 Å². The van der Waals surface area contributed by atoms with Gasteiger partial charge in [-0.3, -0.25) is 0 Å². The summed E-state index contributed by atoms with van der Waals surface area (Å²) in [6.07, 6.45) is 5.87. The highest BCUT2D eigenvalue weighted by Crippen LogP contribution is 2.33. The van der Waals surface area contributed by atoms with E-state index in [4.69, 9.17) is 9.72 Å². The second-order valence-corrected chi connectivity index (χ2v) is 8.39. The van der Waals surface area contributed by atoms with Gasteiger partial charge in [-0.25, -0.2) is 15.0 Å². The molecule has 3 rings (SSSR count). The van der Waals surface area contributed by atoms with Crippen molar-refractivity contribution >= 4 is 27.9 Å². The normalized spacial score (nSPS) is 19.1. The Morgan fingerprint density at radius 1 is 1.32 bits per heavy atom. The number of fused-ring (bicyclic) bond motifs is 1. The largest absolute Gasteiger partial charge is 0.339 e. The molecule has 0 aromatic carbocycles. The zero-order chi connectivity index (χ0) is 20.1. The molecule has 0 amide bonds. The number of hydrogen-bond donors (Lipinski definition) is 1. The predicted octanol–water partition coefficient (Wildman–Crippen LogP) is 3.94. The van der Waals surface area contributed by atoms with Crippen LogP contribution < -0.4 is 5.32 Å². The number of aromatic nitrogens is 2. The third-order valence-corrected chi connectivity index (χ3v) is 6.43. The lowest BCUT2D eigenvalue weighted by atomic mass is 10.0. The average Bonchev–Trinajstić information content (AvgIpc) is 3.12. The second kappa shape index (κ2) is 9.58. The van der Waals surface area contributed by atoms with Gasteiger partial charge in [-0.1, -0.05) is 31.6 Å². The fourth-order valence-corrected chi connectivity index (χ4v) is 4.40. The quantitative estimate of drug-likeness (QED) is 0.690. The molecular formula is C21H31N5OS. The van der Waals surface area contributed by atoms with E-state index in [-0.39, 0.29) is 12.3 Å². The van der Waals surface area contributed by atoms with Gasteiger partial charge < -0.3 is 15.0 Å². The minimum absolute atomic E-state index is 0.161. The molecule has 0 aliphatic carbocycles. The third kappa shape index (κ3) is 4.77. The first-order valence-corrected chi connectivity index (χ1v) is 10.8. The number of ether oxygens (including phenoxy) is 1. The molecule has 3 atom stereocenters. The van der Waals surface area contributed by atoms with E-state index >= 15 is 0 Å². The number of hydrogen-bond acceptors (Lipinski definition) is 7. The van der Waals surface area contributed by atoms with E-state index in [0.717, 1.165) is 47.0 Å². The Morgan fingerprint density at radius 2 is 2.14 bits per heavy atom.